The van der Waals surface area contributed by atoms with Gasteiger partial charge in [0.15, 0.2) is 9.84 Å². The number of thioether (sulfide) groups is 1. The van der Waals surface area contributed by atoms with Gasteiger partial charge in [-0.25, -0.2) is 8.42 Å². The molecule has 110 valence electrons. The Labute approximate surface area is 131 Å². The van der Waals surface area contributed by atoms with Crippen molar-refractivity contribution in [3.63, 3.8) is 0 Å². The molecule has 4 nitrogen and oxygen atoms in total. The molecule has 20 heavy (non-hydrogen) atoms. The molecule has 7 heteroatoms. The lowest BCUT2D eigenvalue weighted by Crippen LogP contribution is -2.17. The number of nitrogens with one attached hydrogen (secondary N) is 1. The van der Waals surface area contributed by atoms with E-state index in [0.717, 1.165) is 15.7 Å². The maximum Gasteiger partial charge on any atom is 0.234 e. The van der Waals surface area contributed by atoms with Gasteiger partial charge in [0.05, 0.1) is 17.3 Å². The standard InChI is InChI=1S/C13H16BrNO3S2/c1-9-6-10(2-3-12(9)14)15-13(16)7-19-11-4-5-20(17,18)8-11/h2-3,6,11H,4-5,7-8H2,1H3,(H,15,16)/t11-/m0/s1. The molecule has 1 aliphatic rings. The molecule has 1 fully saturated rings. The predicted molar refractivity (Wildman–Crippen MR) is 87.0 cm³/mol. The maximum atomic E-state index is 11.8. The van der Waals surface area contributed by atoms with Crippen LogP contribution >= 0.6 is 27.7 Å². The molecule has 1 N–H and O–H groups in total. The Balaban J connectivity index is 1.82. The van der Waals surface area contributed by atoms with E-state index in [-0.39, 0.29) is 28.4 Å². The number of carbonyl (C=O) groups excluding carboxylic acids is 1. The third kappa shape index (κ3) is 4.49. The highest BCUT2D eigenvalue weighted by atomic mass is 79.9. The van der Waals surface area contributed by atoms with E-state index in [1.807, 2.05) is 25.1 Å². The molecule has 2 rings (SSSR count). The van der Waals surface area contributed by atoms with Crippen LogP contribution in [0, 0.1) is 6.92 Å². The zero-order valence-corrected chi connectivity index (χ0v) is 14.3. The van der Waals surface area contributed by atoms with E-state index in [1.165, 1.54) is 11.8 Å². The summed E-state index contributed by atoms with van der Waals surface area (Å²) in [5.74, 6) is 0.636. The number of rotatable bonds is 4. The highest BCUT2D eigenvalue weighted by Crippen LogP contribution is 2.25. The van der Waals surface area contributed by atoms with Crippen LogP contribution in [0.25, 0.3) is 0 Å². The van der Waals surface area contributed by atoms with Gasteiger partial charge in [-0.15, -0.1) is 11.8 Å². The summed E-state index contributed by atoms with van der Waals surface area (Å²) in [6.07, 6.45) is 0.650. The number of hydrogen-bond donors (Lipinski definition) is 1. The lowest BCUT2D eigenvalue weighted by atomic mass is 10.2. The predicted octanol–water partition coefficient (Wildman–Crippen LogP) is 2.62. The van der Waals surface area contributed by atoms with Crippen LogP contribution in [0.3, 0.4) is 0 Å². The summed E-state index contributed by atoms with van der Waals surface area (Å²) in [5, 5.41) is 2.88. The number of carbonyl (C=O) groups is 1. The largest absolute Gasteiger partial charge is 0.325 e. The highest BCUT2D eigenvalue weighted by molar-refractivity contribution is 9.10. The first-order valence-electron chi connectivity index (χ1n) is 6.24. The van der Waals surface area contributed by atoms with Gasteiger partial charge < -0.3 is 5.32 Å². The first kappa shape index (κ1) is 15.9. The van der Waals surface area contributed by atoms with Gasteiger partial charge in [0.2, 0.25) is 5.91 Å². The van der Waals surface area contributed by atoms with Crippen molar-refractivity contribution >= 4 is 49.1 Å². The van der Waals surface area contributed by atoms with E-state index in [9.17, 15) is 13.2 Å². The fourth-order valence-corrected chi connectivity index (χ4v) is 5.70. The van der Waals surface area contributed by atoms with Crippen molar-refractivity contribution in [2.45, 2.75) is 18.6 Å². The minimum Gasteiger partial charge on any atom is -0.325 e. The third-order valence-corrected chi connectivity index (χ3v) is 7.25. The molecule has 1 aliphatic heterocycles. The van der Waals surface area contributed by atoms with Crippen molar-refractivity contribution in [2.24, 2.45) is 0 Å². The first-order chi connectivity index (χ1) is 9.35. The summed E-state index contributed by atoms with van der Waals surface area (Å²) in [7, 11) is -2.87. The molecule has 0 aliphatic carbocycles. The Hall–Kier alpha value is -0.530. The van der Waals surface area contributed by atoms with Crippen LogP contribution < -0.4 is 5.32 Å². The normalized spacial score (nSPS) is 20.8. The monoisotopic (exact) mass is 377 g/mol. The quantitative estimate of drug-likeness (QED) is 0.875. The van der Waals surface area contributed by atoms with Crippen LogP contribution in [0.1, 0.15) is 12.0 Å². The molecule has 1 saturated heterocycles. The van der Waals surface area contributed by atoms with Crippen molar-refractivity contribution in [1.82, 2.24) is 0 Å². The summed E-state index contributed by atoms with van der Waals surface area (Å²) < 4.78 is 23.7. The summed E-state index contributed by atoms with van der Waals surface area (Å²) in [6.45, 7) is 1.96. The van der Waals surface area contributed by atoms with Crippen LogP contribution in [0.2, 0.25) is 0 Å². The molecule has 0 radical (unpaired) electrons. The molecule has 1 atom stereocenters. The van der Waals surface area contributed by atoms with E-state index >= 15 is 0 Å². The van der Waals surface area contributed by atoms with Crippen molar-refractivity contribution in [2.75, 3.05) is 22.6 Å². The molecular weight excluding hydrogens is 362 g/mol. The average molecular weight is 378 g/mol. The van der Waals surface area contributed by atoms with Gasteiger partial charge in [0, 0.05) is 15.4 Å². The summed E-state index contributed by atoms with van der Waals surface area (Å²) >= 11 is 4.83. The highest BCUT2D eigenvalue weighted by Gasteiger charge is 2.28. The zero-order valence-electron chi connectivity index (χ0n) is 11.1. The van der Waals surface area contributed by atoms with Gasteiger partial charge in [-0.05, 0) is 37.1 Å². The molecule has 0 spiro atoms. The van der Waals surface area contributed by atoms with E-state index in [0.29, 0.717) is 6.42 Å². The van der Waals surface area contributed by atoms with Gasteiger partial charge in [0.1, 0.15) is 0 Å². The van der Waals surface area contributed by atoms with Crippen molar-refractivity contribution in [3.8, 4) is 0 Å². The Morgan fingerprint density at radius 1 is 1.50 bits per heavy atom. The number of amides is 1. The molecule has 1 aromatic rings. The summed E-state index contributed by atoms with van der Waals surface area (Å²) in [6, 6.07) is 5.62. The third-order valence-electron chi connectivity index (χ3n) is 3.08. The van der Waals surface area contributed by atoms with Gasteiger partial charge >= 0.3 is 0 Å². The number of hydrogen-bond acceptors (Lipinski definition) is 4. The SMILES string of the molecule is Cc1cc(NC(=O)CS[C@H]2CCS(=O)(=O)C2)ccc1Br. The molecular formula is C13H16BrNO3S2. The van der Waals surface area contributed by atoms with E-state index in [2.05, 4.69) is 21.2 Å². The Kier molecular flexibility index (Phi) is 5.14. The summed E-state index contributed by atoms with van der Waals surface area (Å²) in [4.78, 5) is 11.8. The molecule has 1 heterocycles. The molecule has 0 saturated carbocycles. The number of anilines is 1. The fraction of sp³-hybridized carbons (Fsp3) is 0.462. The number of aryl methyl sites for hydroxylation is 1. The number of benzene rings is 1. The first-order valence-corrected chi connectivity index (χ1v) is 9.90. The molecule has 1 amide bonds. The minimum atomic E-state index is -2.87. The van der Waals surface area contributed by atoms with E-state index in [1.54, 1.807) is 0 Å². The van der Waals surface area contributed by atoms with E-state index in [4.69, 9.17) is 0 Å². The van der Waals surface area contributed by atoms with Crippen LogP contribution in [-0.4, -0.2) is 36.8 Å². The molecule has 0 aromatic heterocycles. The van der Waals surface area contributed by atoms with Gasteiger partial charge in [-0.1, -0.05) is 15.9 Å². The zero-order chi connectivity index (χ0) is 14.8. The van der Waals surface area contributed by atoms with Crippen LogP contribution in [0.5, 0.6) is 0 Å². The Morgan fingerprint density at radius 2 is 2.25 bits per heavy atom. The smallest absolute Gasteiger partial charge is 0.234 e. The topological polar surface area (TPSA) is 63.2 Å². The molecule has 0 bridgehead atoms. The Morgan fingerprint density at radius 3 is 2.85 bits per heavy atom. The van der Waals surface area contributed by atoms with Crippen molar-refractivity contribution < 1.29 is 13.2 Å². The molecule has 0 unspecified atom stereocenters. The van der Waals surface area contributed by atoms with Crippen LogP contribution in [-0.2, 0) is 14.6 Å². The van der Waals surface area contributed by atoms with Gasteiger partial charge in [-0.3, -0.25) is 4.79 Å². The lowest BCUT2D eigenvalue weighted by Gasteiger charge is -2.09. The molecule has 1 aromatic carbocycles. The number of sulfone groups is 1. The van der Waals surface area contributed by atoms with Gasteiger partial charge in [0.25, 0.3) is 0 Å². The van der Waals surface area contributed by atoms with Crippen molar-refractivity contribution in [1.29, 1.82) is 0 Å². The second kappa shape index (κ2) is 6.49. The van der Waals surface area contributed by atoms with Crippen LogP contribution in [0.4, 0.5) is 5.69 Å². The van der Waals surface area contributed by atoms with Crippen molar-refractivity contribution in [3.05, 3.63) is 28.2 Å². The van der Waals surface area contributed by atoms with E-state index < -0.39 is 9.84 Å². The van der Waals surface area contributed by atoms with Crippen LogP contribution in [0.15, 0.2) is 22.7 Å². The lowest BCUT2D eigenvalue weighted by molar-refractivity contribution is -0.113. The minimum absolute atomic E-state index is 0.0532. The summed E-state index contributed by atoms with van der Waals surface area (Å²) in [5.41, 5.74) is 1.81. The Bertz CT molecular complexity index is 616. The second-order valence-electron chi connectivity index (χ2n) is 4.85. The number of halogens is 1. The van der Waals surface area contributed by atoms with Gasteiger partial charge in [-0.2, -0.15) is 0 Å². The second-order valence-corrected chi connectivity index (χ2v) is 9.22. The average Bonchev–Trinajstić information content (AvgIpc) is 2.71. The fourth-order valence-electron chi connectivity index (χ4n) is 2.01. The maximum absolute atomic E-state index is 11.8.